The third-order valence-electron chi connectivity index (χ3n) is 8.45. The quantitative estimate of drug-likeness (QED) is 0.203. The second kappa shape index (κ2) is 15.8. The molecule has 0 atom stereocenters. The molecule has 2 fully saturated rings. The fraction of sp³-hybridized carbons (Fsp3) is 0.364. The largest absolute Gasteiger partial charge is 0.497 e. The van der Waals surface area contributed by atoms with Gasteiger partial charge in [0.15, 0.2) is 5.82 Å². The molecule has 12 nitrogen and oxygen atoms in total. The van der Waals surface area contributed by atoms with E-state index in [1.807, 2.05) is 4.90 Å². The van der Waals surface area contributed by atoms with Gasteiger partial charge >= 0.3 is 12.1 Å². The number of ether oxygens (including phenoxy) is 2. The maximum absolute atomic E-state index is 14.2. The van der Waals surface area contributed by atoms with Gasteiger partial charge in [-0.25, -0.2) is 12.8 Å². The summed E-state index contributed by atoms with van der Waals surface area (Å²) in [5.41, 5.74) is 0.409. The molecule has 0 bridgehead atoms. The molecular weight excluding hydrogens is 720 g/mol. The Balaban J connectivity index is 0.00000292. The second-order valence-electron chi connectivity index (χ2n) is 11.5. The van der Waals surface area contributed by atoms with Crippen LogP contribution in [-0.4, -0.2) is 89.2 Å². The number of anilines is 3. The zero-order valence-corrected chi connectivity index (χ0v) is 28.2. The maximum atomic E-state index is 14.2. The molecule has 2 aliphatic heterocycles. The van der Waals surface area contributed by atoms with E-state index in [2.05, 4.69) is 20.8 Å². The number of alkyl halides is 3. The molecule has 3 aromatic carbocycles. The van der Waals surface area contributed by atoms with Gasteiger partial charge in [0.2, 0.25) is 9.84 Å². The van der Waals surface area contributed by atoms with Gasteiger partial charge in [-0.2, -0.15) is 18.3 Å². The zero-order chi connectivity index (χ0) is 34.9. The lowest BCUT2D eigenvalue weighted by Crippen LogP contribution is -2.50. The van der Waals surface area contributed by atoms with Crippen molar-refractivity contribution in [2.24, 2.45) is 0 Å². The summed E-state index contributed by atoms with van der Waals surface area (Å²) in [6.07, 6.45) is -4.98. The number of aromatic amines is 1. The van der Waals surface area contributed by atoms with Crippen molar-refractivity contribution in [2.75, 3.05) is 61.6 Å². The molecule has 6 rings (SSSR count). The molecule has 2 saturated heterocycles. The van der Waals surface area contributed by atoms with E-state index in [9.17, 15) is 35.6 Å². The highest BCUT2D eigenvalue weighted by Crippen LogP contribution is 2.36. The van der Waals surface area contributed by atoms with Crippen molar-refractivity contribution in [3.05, 3.63) is 66.0 Å². The van der Waals surface area contributed by atoms with Gasteiger partial charge in [-0.15, -0.1) is 12.4 Å². The SMILES string of the molecule is C.COc1cc(F)cc(S(=O)(=O)c2ccc3[nH]nc(NC(=O)c4ccc(N5CCNCC5)cc4N(C(=O)C(F)(F)F)C4CCOCC4)c3c2)c1.Cl. The summed E-state index contributed by atoms with van der Waals surface area (Å²) in [5.74, 6) is -3.95. The van der Waals surface area contributed by atoms with Gasteiger partial charge in [0.1, 0.15) is 11.6 Å². The van der Waals surface area contributed by atoms with Crippen LogP contribution in [0.5, 0.6) is 5.75 Å². The minimum Gasteiger partial charge on any atom is -0.497 e. The number of rotatable bonds is 8. The van der Waals surface area contributed by atoms with Gasteiger partial charge in [0.05, 0.1) is 33.7 Å². The number of nitrogens with one attached hydrogen (secondary N) is 3. The highest BCUT2D eigenvalue weighted by Gasteiger charge is 2.46. The fourth-order valence-corrected chi connectivity index (χ4v) is 7.29. The number of carbonyl (C=O) groups excluding carboxylic acids is 2. The number of hydrogen-bond acceptors (Lipinski definition) is 9. The molecule has 2 amide bonds. The second-order valence-corrected chi connectivity index (χ2v) is 13.5. The Bertz CT molecular complexity index is 2000. The number of hydrogen-bond donors (Lipinski definition) is 3. The van der Waals surface area contributed by atoms with Gasteiger partial charge in [0, 0.05) is 62.6 Å². The maximum Gasteiger partial charge on any atom is 0.471 e. The Morgan fingerprint density at radius 1 is 1.02 bits per heavy atom. The lowest BCUT2D eigenvalue weighted by Gasteiger charge is -2.37. The van der Waals surface area contributed by atoms with Crippen LogP contribution in [0.25, 0.3) is 10.9 Å². The Hall–Kier alpha value is -4.45. The Morgan fingerprint density at radius 3 is 2.39 bits per heavy atom. The summed E-state index contributed by atoms with van der Waals surface area (Å²) < 4.78 is 93.7. The van der Waals surface area contributed by atoms with Crippen LogP contribution in [0, 0.1) is 5.82 Å². The van der Waals surface area contributed by atoms with Crippen LogP contribution < -0.4 is 25.2 Å². The molecule has 0 spiro atoms. The number of methoxy groups -OCH3 is 1. The summed E-state index contributed by atoms with van der Waals surface area (Å²) in [5, 5.41) is 12.7. The van der Waals surface area contributed by atoms with Gasteiger partial charge in [-0.1, -0.05) is 7.43 Å². The number of piperazine rings is 1. The van der Waals surface area contributed by atoms with E-state index >= 15 is 0 Å². The lowest BCUT2D eigenvalue weighted by atomic mass is 10.0. The predicted molar refractivity (Wildman–Crippen MR) is 185 cm³/mol. The van der Waals surface area contributed by atoms with Crippen LogP contribution in [0.4, 0.5) is 34.8 Å². The highest BCUT2D eigenvalue weighted by atomic mass is 35.5. The first-order chi connectivity index (χ1) is 23.4. The van der Waals surface area contributed by atoms with Gasteiger partial charge < -0.3 is 29.9 Å². The number of halogens is 5. The third kappa shape index (κ3) is 8.21. The molecule has 4 aromatic rings. The molecule has 3 N–H and O–H groups in total. The minimum absolute atomic E-state index is 0. The number of amides is 2. The van der Waals surface area contributed by atoms with Gasteiger partial charge in [0.25, 0.3) is 5.91 Å². The first kappa shape index (κ1) is 39.3. The molecule has 3 heterocycles. The van der Waals surface area contributed by atoms with Crippen LogP contribution in [0.3, 0.4) is 0 Å². The van der Waals surface area contributed by atoms with E-state index in [0.29, 0.717) is 42.3 Å². The average molecular weight is 757 g/mol. The van der Waals surface area contributed by atoms with Crippen molar-refractivity contribution in [1.82, 2.24) is 15.5 Å². The lowest BCUT2D eigenvalue weighted by molar-refractivity contribution is -0.171. The van der Waals surface area contributed by atoms with Crippen LogP contribution in [0.15, 0.2) is 64.4 Å². The highest BCUT2D eigenvalue weighted by molar-refractivity contribution is 7.91. The first-order valence-corrected chi connectivity index (χ1v) is 16.8. The number of benzene rings is 3. The first-order valence-electron chi connectivity index (χ1n) is 15.3. The Kier molecular flexibility index (Phi) is 12.2. The Labute approximate surface area is 297 Å². The van der Waals surface area contributed by atoms with Gasteiger partial charge in [-0.3, -0.25) is 14.7 Å². The van der Waals surface area contributed by atoms with Crippen LogP contribution in [0.1, 0.15) is 30.6 Å². The third-order valence-corrected chi connectivity index (χ3v) is 10.2. The van der Waals surface area contributed by atoms with E-state index in [1.165, 1.54) is 43.5 Å². The van der Waals surface area contributed by atoms with Crippen molar-refractivity contribution in [3.8, 4) is 5.75 Å². The van der Waals surface area contributed by atoms with Crippen molar-refractivity contribution < 1.29 is 45.0 Å². The van der Waals surface area contributed by atoms with Crippen molar-refractivity contribution in [3.63, 3.8) is 0 Å². The van der Waals surface area contributed by atoms with Crippen molar-refractivity contribution in [1.29, 1.82) is 0 Å². The molecule has 0 radical (unpaired) electrons. The summed E-state index contributed by atoms with van der Waals surface area (Å²) in [7, 11) is -3.01. The number of aromatic nitrogens is 2. The fourth-order valence-electron chi connectivity index (χ4n) is 5.96. The summed E-state index contributed by atoms with van der Waals surface area (Å²) in [6, 6.07) is 10.4. The Morgan fingerprint density at radius 2 is 1.73 bits per heavy atom. The number of H-pyrrole nitrogens is 1. The summed E-state index contributed by atoms with van der Waals surface area (Å²) in [6.45, 7) is 2.67. The minimum atomic E-state index is -5.23. The molecule has 18 heteroatoms. The van der Waals surface area contributed by atoms with E-state index in [0.717, 1.165) is 12.1 Å². The topological polar surface area (TPSA) is 146 Å². The molecule has 0 aliphatic carbocycles. The smallest absolute Gasteiger partial charge is 0.471 e. The molecular formula is C33H37ClF4N6O6S. The molecule has 2 aliphatic rings. The van der Waals surface area contributed by atoms with Crippen LogP contribution in [-0.2, 0) is 19.4 Å². The monoisotopic (exact) mass is 756 g/mol. The average Bonchev–Trinajstić information content (AvgIpc) is 3.50. The molecule has 0 saturated carbocycles. The zero-order valence-electron chi connectivity index (χ0n) is 26.5. The number of sulfone groups is 1. The van der Waals surface area contributed by atoms with Crippen molar-refractivity contribution in [2.45, 2.75) is 42.3 Å². The normalized spacial score (nSPS) is 15.4. The standard InChI is InChI=1S/C32H32F4N6O6S.CH4.ClH/c1-47-22-14-19(33)15-24(17-22)49(45,46)23-3-5-27-26(18-23)29(40-39-27)38-30(43)25-4-2-21(41-10-8-37-9-11-41)16-28(25)42(31(44)32(34,35)36)20-6-12-48-13-7-20;;/h2-5,14-18,20,37H,6-13H2,1H3,(H2,38,39,40,43);1H4;1H. The van der Waals surface area contributed by atoms with Gasteiger partial charge in [-0.05, 0) is 61.4 Å². The van der Waals surface area contributed by atoms with Crippen LogP contribution >= 0.6 is 12.4 Å². The molecule has 0 unspecified atom stereocenters. The molecule has 276 valence electrons. The van der Waals surface area contributed by atoms with E-state index in [1.54, 1.807) is 6.07 Å². The predicted octanol–water partition coefficient (Wildman–Crippen LogP) is 5.34. The number of nitrogens with zero attached hydrogens (tertiary/aromatic N) is 3. The number of carbonyl (C=O) groups is 2. The molecule has 51 heavy (non-hydrogen) atoms. The number of fused-ring (bicyclic) bond motifs is 1. The summed E-state index contributed by atoms with van der Waals surface area (Å²) in [4.78, 5) is 28.9. The summed E-state index contributed by atoms with van der Waals surface area (Å²) >= 11 is 0. The van der Waals surface area contributed by atoms with E-state index in [4.69, 9.17) is 9.47 Å². The van der Waals surface area contributed by atoms with E-state index < -0.39 is 39.7 Å². The van der Waals surface area contributed by atoms with Crippen LogP contribution in [0.2, 0.25) is 0 Å². The molecule has 1 aromatic heterocycles. The van der Waals surface area contributed by atoms with E-state index in [-0.39, 0.29) is 83.9 Å². The van der Waals surface area contributed by atoms with Crippen molar-refractivity contribution >= 4 is 62.2 Å².